The first-order valence-corrected chi connectivity index (χ1v) is 17.8. The number of ether oxygens (including phenoxy) is 1. The molecule has 0 aliphatic rings. The van der Waals surface area contributed by atoms with Crippen LogP contribution in [0.25, 0.3) is 11.3 Å². The number of fused-ring (bicyclic) bond motifs is 1. The predicted octanol–water partition coefficient (Wildman–Crippen LogP) is 8.69. The molecule has 0 spiro atoms. The highest BCUT2D eigenvalue weighted by atomic mass is 32.2. The van der Waals surface area contributed by atoms with Crippen LogP contribution in [0.4, 0.5) is 10.6 Å². The van der Waals surface area contributed by atoms with Crippen molar-refractivity contribution in [3.05, 3.63) is 126 Å². The summed E-state index contributed by atoms with van der Waals surface area (Å²) in [5.74, 6) is 2.39. The van der Waals surface area contributed by atoms with Crippen LogP contribution in [0.1, 0.15) is 56.3 Å². The summed E-state index contributed by atoms with van der Waals surface area (Å²) in [6.45, 7) is 9.21. The minimum atomic E-state index is -0.334. The number of nitrogens with one attached hydrogen (secondary N) is 2. The maximum absolute atomic E-state index is 13.5. The Morgan fingerprint density at radius 3 is 2.48 bits per heavy atom. The Kier molecular flexibility index (Phi) is 10.1. The van der Waals surface area contributed by atoms with Gasteiger partial charge in [0.05, 0.1) is 10.4 Å². The summed E-state index contributed by atoms with van der Waals surface area (Å²) in [6.07, 6.45) is 4.13. The average molecular weight is 678 g/mol. The number of hydrogen-bond donors (Lipinski definition) is 2. The number of para-hydroxylation sites is 2. The number of carbonyl (C=O) groups excluding carboxylic acids is 1. The number of nitrogens with zero attached hydrogens (tertiary/aromatic N) is 5. The highest BCUT2D eigenvalue weighted by Crippen LogP contribution is 2.36. The van der Waals surface area contributed by atoms with E-state index in [1.165, 1.54) is 0 Å². The number of hydrogen-bond acceptors (Lipinski definition) is 7. The molecule has 0 aliphatic heterocycles. The Labute approximate surface area is 289 Å². The van der Waals surface area contributed by atoms with Crippen molar-refractivity contribution in [2.24, 2.45) is 0 Å². The van der Waals surface area contributed by atoms with Gasteiger partial charge >= 0.3 is 6.03 Å². The van der Waals surface area contributed by atoms with E-state index in [0.717, 1.165) is 43.8 Å². The van der Waals surface area contributed by atoms with Crippen LogP contribution >= 0.6 is 23.5 Å². The molecule has 11 heteroatoms. The Morgan fingerprint density at radius 1 is 0.938 bits per heavy atom. The summed E-state index contributed by atoms with van der Waals surface area (Å²) >= 11 is 3.34. The SMILES string of the molecule is CSC(C)(C)c1cc(NC(=O)NCc2ccccc2Sc2ccc3nnc(C(C)C)n3c2)n(-c2ccccc2OCc2ccccc2)n1. The molecule has 3 heterocycles. The molecule has 9 nitrogen and oxygen atoms in total. The monoisotopic (exact) mass is 677 g/mol. The zero-order valence-corrected chi connectivity index (χ0v) is 29.3. The van der Waals surface area contributed by atoms with Gasteiger partial charge in [0.15, 0.2) is 5.65 Å². The molecule has 48 heavy (non-hydrogen) atoms. The minimum absolute atomic E-state index is 0.254. The molecule has 246 valence electrons. The second kappa shape index (κ2) is 14.6. The summed E-state index contributed by atoms with van der Waals surface area (Å²) in [4.78, 5) is 15.6. The van der Waals surface area contributed by atoms with E-state index in [-0.39, 0.29) is 16.7 Å². The van der Waals surface area contributed by atoms with Crippen molar-refractivity contribution in [1.29, 1.82) is 0 Å². The van der Waals surface area contributed by atoms with Crippen molar-refractivity contribution in [3.63, 3.8) is 0 Å². The molecule has 6 rings (SSSR count). The molecule has 2 amide bonds. The van der Waals surface area contributed by atoms with Gasteiger partial charge < -0.3 is 10.1 Å². The molecule has 3 aromatic heterocycles. The maximum atomic E-state index is 13.5. The highest BCUT2D eigenvalue weighted by Gasteiger charge is 2.26. The summed E-state index contributed by atoms with van der Waals surface area (Å²) in [5, 5.41) is 19.7. The van der Waals surface area contributed by atoms with Crippen molar-refractivity contribution >= 4 is 41.0 Å². The van der Waals surface area contributed by atoms with Gasteiger partial charge in [-0.2, -0.15) is 16.9 Å². The number of pyridine rings is 1. The average Bonchev–Trinajstić information content (AvgIpc) is 3.72. The van der Waals surface area contributed by atoms with Crippen LogP contribution in [-0.4, -0.2) is 36.7 Å². The number of aromatic nitrogens is 5. The summed E-state index contributed by atoms with van der Waals surface area (Å²) in [7, 11) is 0. The van der Waals surface area contributed by atoms with E-state index < -0.39 is 0 Å². The molecule has 0 unspecified atom stereocenters. The number of rotatable bonds is 12. The molecule has 0 aliphatic carbocycles. The second-order valence-corrected chi connectivity index (χ2v) is 14.7. The lowest BCUT2D eigenvalue weighted by Crippen LogP contribution is -2.29. The van der Waals surface area contributed by atoms with Crippen molar-refractivity contribution in [3.8, 4) is 11.4 Å². The predicted molar refractivity (Wildman–Crippen MR) is 194 cm³/mol. The first-order chi connectivity index (χ1) is 23.2. The summed E-state index contributed by atoms with van der Waals surface area (Å²) in [5.41, 5.74) is 4.47. The lowest BCUT2D eigenvalue weighted by molar-refractivity contribution is 0.251. The van der Waals surface area contributed by atoms with Crippen molar-refractivity contribution < 1.29 is 9.53 Å². The van der Waals surface area contributed by atoms with Crippen LogP contribution in [0.2, 0.25) is 0 Å². The largest absolute Gasteiger partial charge is 0.487 e. The number of anilines is 1. The highest BCUT2D eigenvalue weighted by molar-refractivity contribution is 7.99. The third-order valence-electron chi connectivity index (χ3n) is 7.97. The van der Waals surface area contributed by atoms with Crippen molar-refractivity contribution in [2.45, 2.75) is 61.3 Å². The van der Waals surface area contributed by atoms with Crippen LogP contribution in [-0.2, 0) is 17.9 Å². The fraction of sp³-hybridized carbons (Fsp3) is 0.243. The van der Waals surface area contributed by atoms with E-state index >= 15 is 0 Å². The molecule has 0 radical (unpaired) electrons. The molecule has 0 fully saturated rings. The van der Waals surface area contributed by atoms with E-state index in [1.807, 2.05) is 95.4 Å². The summed E-state index contributed by atoms with van der Waals surface area (Å²) < 4.78 is 9.78. The Bertz CT molecular complexity index is 2020. The van der Waals surface area contributed by atoms with Gasteiger partial charge in [0.1, 0.15) is 29.7 Å². The van der Waals surface area contributed by atoms with Crippen LogP contribution < -0.4 is 15.4 Å². The van der Waals surface area contributed by atoms with E-state index in [0.29, 0.717) is 24.7 Å². The Morgan fingerprint density at radius 2 is 1.69 bits per heavy atom. The zero-order valence-electron chi connectivity index (χ0n) is 27.7. The third kappa shape index (κ3) is 7.53. The quantitative estimate of drug-likeness (QED) is 0.134. The van der Waals surface area contributed by atoms with Crippen LogP contribution in [0.5, 0.6) is 5.75 Å². The van der Waals surface area contributed by atoms with Gasteiger partial charge in [0.2, 0.25) is 0 Å². The van der Waals surface area contributed by atoms with E-state index in [1.54, 1.807) is 28.2 Å². The molecule has 0 atom stereocenters. The van der Waals surface area contributed by atoms with Gasteiger partial charge in [0.25, 0.3) is 0 Å². The molecular formula is C37H39N7O2S2. The summed E-state index contributed by atoms with van der Waals surface area (Å²) in [6, 6.07) is 31.5. The fourth-order valence-corrected chi connectivity index (χ4v) is 6.37. The fourth-order valence-electron chi connectivity index (χ4n) is 5.10. The van der Waals surface area contributed by atoms with E-state index in [4.69, 9.17) is 9.84 Å². The number of urea groups is 1. The molecule has 2 N–H and O–H groups in total. The molecule has 3 aromatic carbocycles. The van der Waals surface area contributed by atoms with E-state index in [2.05, 4.69) is 67.0 Å². The van der Waals surface area contributed by atoms with Gasteiger partial charge in [-0.15, -0.1) is 10.2 Å². The van der Waals surface area contributed by atoms with Crippen LogP contribution in [0.15, 0.2) is 113 Å². The number of thioether (sulfide) groups is 1. The number of benzene rings is 3. The normalized spacial score (nSPS) is 11.6. The standard InChI is InChI=1S/C37H39N7O2S2/c1-25(2)35-41-40-33-20-19-28(23-43(33)35)48-31-18-12-9-15-27(31)22-38-36(45)39-34-21-32(37(3,4)47-5)42-44(34)29-16-10-11-17-30(29)46-24-26-13-7-6-8-14-26/h6-21,23,25H,22,24H2,1-5H3,(H2,38,39,45). The number of amides is 2. The molecule has 0 saturated carbocycles. The zero-order chi connectivity index (χ0) is 33.7. The Hall–Kier alpha value is -4.74. The van der Waals surface area contributed by atoms with E-state index in [9.17, 15) is 4.79 Å². The maximum Gasteiger partial charge on any atom is 0.320 e. The third-order valence-corrected chi connectivity index (χ3v) is 10.3. The second-order valence-electron chi connectivity index (χ2n) is 12.1. The van der Waals surface area contributed by atoms with Crippen LogP contribution in [0.3, 0.4) is 0 Å². The van der Waals surface area contributed by atoms with Gasteiger partial charge in [-0.1, -0.05) is 86.3 Å². The van der Waals surface area contributed by atoms with Crippen molar-refractivity contribution in [2.75, 3.05) is 11.6 Å². The molecule has 6 aromatic rings. The van der Waals surface area contributed by atoms with Gasteiger partial charge in [0, 0.05) is 34.5 Å². The smallest absolute Gasteiger partial charge is 0.320 e. The Balaban J connectivity index is 1.20. The topological polar surface area (TPSA) is 98.4 Å². The van der Waals surface area contributed by atoms with Gasteiger partial charge in [-0.25, -0.2) is 9.48 Å². The van der Waals surface area contributed by atoms with Gasteiger partial charge in [-0.05, 0) is 61.6 Å². The first-order valence-electron chi connectivity index (χ1n) is 15.8. The molecule has 0 saturated heterocycles. The van der Waals surface area contributed by atoms with Gasteiger partial charge in [-0.3, -0.25) is 9.72 Å². The molecule has 0 bridgehead atoms. The van der Waals surface area contributed by atoms with Crippen molar-refractivity contribution in [1.82, 2.24) is 29.7 Å². The van der Waals surface area contributed by atoms with Crippen LogP contribution in [0, 0.1) is 0 Å². The lowest BCUT2D eigenvalue weighted by atomic mass is 10.1. The molecular weight excluding hydrogens is 639 g/mol. The number of carbonyl (C=O) groups is 1. The minimum Gasteiger partial charge on any atom is -0.487 e. The first kappa shape index (κ1) is 33.2. The lowest BCUT2D eigenvalue weighted by Gasteiger charge is -2.18.